The van der Waals surface area contributed by atoms with E-state index in [-0.39, 0.29) is 24.1 Å². The van der Waals surface area contributed by atoms with E-state index in [9.17, 15) is 19.2 Å². The van der Waals surface area contributed by atoms with Gasteiger partial charge < -0.3 is 52.2 Å². The number of unbranched alkanes of at least 4 members (excludes halogenated alkanes) is 4. The van der Waals surface area contributed by atoms with Crippen LogP contribution in [0.25, 0.3) is 0 Å². The molecule has 0 saturated carbocycles. The fourth-order valence-electron chi connectivity index (χ4n) is 4.41. The van der Waals surface area contributed by atoms with E-state index in [2.05, 4.69) is 70.2 Å². The summed E-state index contributed by atoms with van der Waals surface area (Å²) in [7, 11) is 5.52. The lowest BCUT2D eigenvalue weighted by atomic mass is 10.1. The molecule has 0 aliphatic rings. The van der Waals surface area contributed by atoms with E-state index in [0.29, 0.717) is 31.9 Å². The average Bonchev–Trinajstić information content (AvgIpc) is 3.12. The maximum atomic E-state index is 12.1. The van der Waals surface area contributed by atoms with Gasteiger partial charge in [-0.1, -0.05) is 77.6 Å². The zero-order valence-electron chi connectivity index (χ0n) is 31.7. The van der Waals surface area contributed by atoms with Crippen LogP contribution in [0.1, 0.15) is 103 Å². The summed E-state index contributed by atoms with van der Waals surface area (Å²) in [6.45, 7) is 10.7. The van der Waals surface area contributed by atoms with Crippen LogP contribution in [0, 0.1) is 0 Å². The minimum atomic E-state index is -0.630. The third-order valence-corrected chi connectivity index (χ3v) is 7.56. The number of nitrogens with zero attached hydrogens (tertiary/aromatic N) is 1. The van der Waals surface area contributed by atoms with E-state index >= 15 is 0 Å². The summed E-state index contributed by atoms with van der Waals surface area (Å²) >= 11 is 0. The third kappa shape index (κ3) is 19.8. The van der Waals surface area contributed by atoms with E-state index in [1.807, 2.05) is 55.4 Å². The van der Waals surface area contributed by atoms with E-state index in [4.69, 9.17) is 4.74 Å². The highest BCUT2D eigenvalue weighted by atomic mass is 16.5. The van der Waals surface area contributed by atoms with Crippen molar-refractivity contribution in [3.05, 3.63) is 59.7 Å². The van der Waals surface area contributed by atoms with Gasteiger partial charge in [0.15, 0.2) is 0 Å². The second-order valence-corrected chi connectivity index (χ2v) is 12.1. The lowest BCUT2D eigenvalue weighted by Crippen LogP contribution is -2.48. The van der Waals surface area contributed by atoms with E-state index in [1.165, 1.54) is 0 Å². The van der Waals surface area contributed by atoms with Crippen LogP contribution in [0.5, 0.6) is 5.75 Å². The molecule has 0 spiro atoms. The minimum Gasteiger partial charge on any atom is -0.497 e. The molecule has 14 nitrogen and oxygen atoms in total. The number of urea groups is 4. The first-order valence-electron chi connectivity index (χ1n) is 18.2. The van der Waals surface area contributed by atoms with Gasteiger partial charge >= 0.3 is 24.1 Å². The summed E-state index contributed by atoms with van der Waals surface area (Å²) in [6, 6.07) is 13.7. The van der Waals surface area contributed by atoms with Gasteiger partial charge in [0.05, 0.1) is 7.11 Å². The number of ether oxygens (including phenoxy) is 1. The molecule has 0 atom stereocenters. The maximum absolute atomic E-state index is 12.1. The summed E-state index contributed by atoms with van der Waals surface area (Å²) in [6.07, 6.45) is 6.43. The van der Waals surface area contributed by atoms with Gasteiger partial charge in [0.1, 0.15) is 18.1 Å². The van der Waals surface area contributed by atoms with Crippen molar-refractivity contribution in [1.29, 1.82) is 0 Å². The minimum absolute atomic E-state index is 0.297. The lowest BCUT2D eigenvalue weighted by molar-refractivity contribution is 0.224. The second kappa shape index (κ2) is 26.9. The molecule has 286 valence electrons. The summed E-state index contributed by atoms with van der Waals surface area (Å²) in [5, 5.41) is 22.4. The molecular weight excluding hydrogens is 650 g/mol. The van der Waals surface area contributed by atoms with Crippen LogP contribution < -0.4 is 52.2 Å². The van der Waals surface area contributed by atoms with Crippen molar-refractivity contribution in [2.24, 2.45) is 0 Å². The summed E-state index contributed by atoms with van der Waals surface area (Å²) in [5.41, 5.74) is 2.62. The predicted molar refractivity (Wildman–Crippen MR) is 205 cm³/mol. The molecular formula is C37H63N9O5. The zero-order chi connectivity index (χ0) is 37.9. The molecule has 0 saturated heterocycles. The highest BCUT2D eigenvalue weighted by Gasteiger charge is 2.18. The Labute approximate surface area is 305 Å². The number of carbonyl (C=O) groups is 4. The molecule has 0 bridgehead atoms. The number of benzene rings is 2. The number of carbonyl (C=O) groups excluding carboxylic acids is 4. The number of amides is 8. The van der Waals surface area contributed by atoms with Crippen LogP contribution in [0.15, 0.2) is 48.5 Å². The predicted octanol–water partition coefficient (Wildman–Crippen LogP) is 5.84. The topological polar surface area (TPSA) is 177 Å². The van der Waals surface area contributed by atoms with Crippen LogP contribution in [0.2, 0.25) is 0 Å². The molecule has 2 aromatic carbocycles. The molecule has 0 heterocycles. The SMILES string of the molecule is CCCCNC(=O)NC(NC(=O)NCCCC)c1ccc(N(C)C)cc1.CCCCNC(=O)NC(NC(=O)NCCCC)c1ccc(OC)cc1. The van der Waals surface area contributed by atoms with Crippen molar-refractivity contribution >= 4 is 29.8 Å². The molecule has 0 aliphatic carbocycles. The van der Waals surface area contributed by atoms with Crippen molar-refractivity contribution in [3.8, 4) is 5.75 Å². The highest BCUT2D eigenvalue weighted by Crippen LogP contribution is 2.17. The van der Waals surface area contributed by atoms with Crippen LogP contribution in [-0.4, -0.2) is 71.5 Å². The average molecular weight is 714 g/mol. The largest absolute Gasteiger partial charge is 0.497 e. The number of hydrogen-bond acceptors (Lipinski definition) is 6. The molecule has 8 amide bonds. The quantitative estimate of drug-likeness (QED) is 0.0631. The number of methoxy groups -OCH3 is 1. The van der Waals surface area contributed by atoms with Gasteiger partial charge in [0.25, 0.3) is 0 Å². The monoisotopic (exact) mass is 713 g/mol. The molecule has 8 N–H and O–H groups in total. The summed E-state index contributed by atoms with van der Waals surface area (Å²) in [5.74, 6) is 0.710. The van der Waals surface area contributed by atoms with Gasteiger partial charge in [-0.2, -0.15) is 0 Å². The van der Waals surface area contributed by atoms with Gasteiger partial charge in [0.2, 0.25) is 0 Å². The van der Waals surface area contributed by atoms with Crippen LogP contribution >= 0.6 is 0 Å². The number of hydrogen-bond donors (Lipinski definition) is 8. The first-order valence-corrected chi connectivity index (χ1v) is 18.2. The number of anilines is 1. The van der Waals surface area contributed by atoms with E-state index in [0.717, 1.165) is 68.2 Å². The van der Waals surface area contributed by atoms with Gasteiger partial charge in [-0.05, 0) is 61.1 Å². The Hall–Kier alpha value is -4.88. The zero-order valence-corrected chi connectivity index (χ0v) is 31.7. The highest BCUT2D eigenvalue weighted by molar-refractivity contribution is 5.78. The van der Waals surface area contributed by atoms with E-state index in [1.54, 1.807) is 19.2 Å². The molecule has 51 heavy (non-hydrogen) atoms. The maximum Gasteiger partial charge on any atom is 0.316 e. The normalized spacial score (nSPS) is 10.3. The Kier molecular flexibility index (Phi) is 23.3. The van der Waals surface area contributed by atoms with Crippen molar-refractivity contribution in [3.63, 3.8) is 0 Å². The van der Waals surface area contributed by atoms with Crippen molar-refractivity contribution in [2.45, 2.75) is 91.4 Å². The number of rotatable bonds is 20. The van der Waals surface area contributed by atoms with Crippen molar-refractivity contribution < 1.29 is 23.9 Å². The molecule has 2 aromatic rings. The fraction of sp³-hybridized carbons (Fsp3) is 0.568. The van der Waals surface area contributed by atoms with Crippen molar-refractivity contribution in [1.82, 2.24) is 42.5 Å². The second-order valence-electron chi connectivity index (χ2n) is 12.1. The summed E-state index contributed by atoms with van der Waals surface area (Å²) < 4.78 is 5.14. The standard InChI is InChI=1S/C19H33N5O2.C18H30N4O3/c1-5-7-13-20-18(25)22-17(23-19(26)21-14-8-6-2)15-9-11-16(12-10-15)24(3)4;1-4-6-12-19-17(23)21-16(22-18(24)20-13-7-5-2)14-8-10-15(25-3)11-9-14/h9-12,17H,5-8,13-14H2,1-4H3,(H2,20,22,25)(H2,21,23,26);8-11,16H,4-7,12-13H2,1-3H3,(H2,19,21,23)(H2,20,22,24). The Morgan fingerprint density at radius 2 is 0.824 bits per heavy atom. The lowest BCUT2D eigenvalue weighted by Gasteiger charge is -2.22. The van der Waals surface area contributed by atoms with Crippen LogP contribution in [-0.2, 0) is 0 Å². The smallest absolute Gasteiger partial charge is 0.316 e. The van der Waals surface area contributed by atoms with E-state index < -0.39 is 12.3 Å². The Balaban J connectivity index is 0.000000510. The molecule has 14 heteroatoms. The molecule has 2 rings (SSSR count). The third-order valence-electron chi connectivity index (χ3n) is 7.56. The fourth-order valence-corrected chi connectivity index (χ4v) is 4.41. The van der Waals surface area contributed by atoms with Gasteiger partial charge in [-0.3, -0.25) is 0 Å². The summed E-state index contributed by atoms with van der Waals surface area (Å²) in [4.78, 5) is 50.3. The molecule has 0 aliphatic heterocycles. The van der Waals surface area contributed by atoms with Crippen molar-refractivity contribution in [2.75, 3.05) is 52.3 Å². The van der Waals surface area contributed by atoms with Gasteiger partial charge in [-0.15, -0.1) is 0 Å². The van der Waals surface area contributed by atoms with Gasteiger partial charge in [-0.25, -0.2) is 19.2 Å². The molecule has 0 unspecified atom stereocenters. The number of nitrogens with one attached hydrogen (secondary N) is 8. The Morgan fingerprint density at radius 1 is 0.529 bits per heavy atom. The molecule has 0 radical (unpaired) electrons. The first kappa shape index (κ1) is 44.1. The Bertz CT molecular complexity index is 1210. The molecule has 0 fully saturated rings. The van der Waals surface area contributed by atoms with Crippen LogP contribution in [0.4, 0.5) is 24.9 Å². The Morgan fingerprint density at radius 3 is 1.08 bits per heavy atom. The van der Waals surface area contributed by atoms with Crippen LogP contribution in [0.3, 0.4) is 0 Å². The van der Waals surface area contributed by atoms with Gasteiger partial charge in [0, 0.05) is 46.0 Å². The first-order chi connectivity index (χ1) is 24.6. The molecule has 0 aromatic heterocycles.